The predicted octanol–water partition coefficient (Wildman–Crippen LogP) is 5.39. The van der Waals surface area contributed by atoms with Crippen molar-refractivity contribution in [1.29, 1.82) is 0 Å². The van der Waals surface area contributed by atoms with E-state index in [9.17, 15) is 27.5 Å². The van der Waals surface area contributed by atoms with Gasteiger partial charge in [0.1, 0.15) is 5.82 Å². The first-order chi connectivity index (χ1) is 20.0. The Hall–Kier alpha value is -3.70. The summed E-state index contributed by atoms with van der Waals surface area (Å²) in [5.74, 6) is -0.643. The first-order valence-corrected chi connectivity index (χ1v) is 13.9. The van der Waals surface area contributed by atoms with Crippen molar-refractivity contribution in [3.05, 3.63) is 76.7 Å². The molecule has 1 unspecified atom stereocenters. The highest BCUT2D eigenvalue weighted by Gasteiger charge is 2.56. The van der Waals surface area contributed by atoms with Gasteiger partial charge in [0.2, 0.25) is 5.60 Å². The molecule has 5 rings (SSSR count). The second-order valence-electron chi connectivity index (χ2n) is 10.9. The molecule has 11 heteroatoms. The van der Waals surface area contributed by atoms with Crippen LogP contribution in [0.1, 0.15) is 58.8 Å². The van der Waals surface area contributed by atoms with E-state index in [0.717, 1.165) is 12.8 Å². The molecule has 3 aromatic rings. The maximum Gasteiger partial charge on any atom is 0.424 e. The molecule has 7 nitrogen and oxygen atoms in total. The van der Waals surface area contributed by atoms with Crippen LogP contribution in [0.3, 0.4) is 0 Å². The lowest BCUT2D eigenvalue weighted by molar-refractivity contribution is -0.265. The van der Waals surface area contributed by atoms with Crippen molar-refractivity contribution < 1.29 is 36.9 Å². The van der Waals surface area contributed by atoms with Crippen LogP contribution >= 0.6 is 0 Å². The number of piperidine rings is 1. The van der Waals surface area contributed by atoms with Gasteiger partial charge >= 0.3 is 6.18 Å². The fraction of sp³-hybridized carbons (Fsp3) is 0.419. The van der Waals surface area contributed by atoms with Gasteiger partial charge < -0.3 is 25.2 Å². The Morgan fingerprint density at radius 3 is 2.43 bits per heavy atom. The SMILES string of the molecule is COc1cc(C(=O)NCC(O)(c2cc(C3CCNCC3)cc(-c3ccc(F)c(C)c3)n2)C(F)(F)F)ccc1OC1CC1. The number of carbonyl (C=O) groups is 1. The molecule has 0 bridgehead atoms. The second-order valence-corrected chi connectivity index (χ2v) is 10.9. The number of nitrogens with zero attached hydrogens (tertiary/aromatic N) is 1. The van der Waals surface area contributed by atoms with Crippen molar-refractivity contribution in [3.63, 3.8) is 0 Å². The monoisotopic (exact) mass is 587 g/mol. The van der Waals surface area contributed by atoms with Gasteiger partial charge in [-0.2, -0.15) is 13.2 Å². The normalized spacial score (nSPS) is 17.4. The highest BCUT2D eigenvalue weighted by molar-refractivity contribution is 5.95. The molecule has 2 fully saturated rings. The zero-order valence-electron chi connectivity index (χ0n) is 23.4. The molecule has 1 aromatic heterocycles. The molecule has 1 atom stereocenters. The molecule has 1 aliphatic heterocycles. The van der Waals surface area contributed by atoms with E-state index in [4.69, 9.17) is 9.47 Å². The number of rotatable bonds is 9. The molecular formula is C31H33F4N3O4. The highest BCUT2D eigenvalue weighted by atomic mass is 19.4. The average Bonchev–Trinajstić information content (AvgIpc) is 3.81. The van der Waals surface area contributed by atoms with Gasteiger partial charge in [0.05, 0.1) is 31.1 Å². The Kier molecular flexibility index (Phi) is 8.43. The smallest absolute Gasteiger partial charge is 0.424 e. The first kappa shape index (κ1) is 29.8. The number of amides is 1. The lowest BCUT2D eigenvalue weighted by Gasteiger charge is -2.32. The molecule has 2 heterocycles. The average molecular weight is 588 g/mol. The van der Waals surface area contributed by atoms with E-state index in [-0.39, 0.29) is 29.0 Å². The lowest BCUT2D eigenvalue weighted by atomic mass is 9.86. The molecule has 42 heavy (non-hydrogen) atoms. The summed E-state index contributed by atoms with van der Waals surface area (Å²) >= 11 is 0. The molecule has 3 N–H and O–H groups in total. The number of halogens is 4. The molecule has 2 aliphatic rings. The number of methoxy groups -OCH3 is 1. The number of carbonyl (C=O) groups excluding carboxylic acids is 1. The number of nitrogens with one attached hydrogen (secondary N) is 2. The van der Waals surface area contributed by atoms with E-state index < -0.39 is 35.7 Å². The van der Waals surface area contributed by atoms with E-state index in [1.54, 1.807) is 13.0 Å². The summed E-state index contributed by atoms with van der Waals surface area (Å²) in [5, 5.41) is 16.7. The molecule has 1 saturated heterocycles. The van der Waals surface area contributed by atoms with Crippen LogP contribution in [0.25, 0.3) is 11.3 Å². The number of aromatic nitrogens is 1. The number of hydrogen-bond acceptors (Lipinski definition) is 6. The van der Waals surface area contributed by atoms with Gasteiger partial charge in [-0.25, -0.2) is 9.37 Å². The summed E-state index contributed by atoms with van der Waals surface area (Å²) in [4.78, 5) is 17.2. The summed E-state index contributed by atoms with van der Waals surface area (Å²) in [6.45, 7) is 1.77. The molecule has 0 spiro atoms. The number of alkyl halides is 3. The summed E-state index contributed by atoms with van der Waals surface area (Å²) in [5.41, 5.74) is -2.62. The molecule has 224 valence electrons. The number of aryl methyl sites for hydroxylation is 1. The third-order valence-corrected chi connectivity index (χ3v) is 7.75. The van der Waals surface area contributed by atoms with Crippen LogP contribution in [0.4, 0.5) is 17.6 Å². The number of ether oxygens (including phenoxy) is 2. The fourth-order valence-electron chi connectivity index (χ4n) is 5.02. The number of aliphatic hydroxyl groups is 1. The molecule has 1 saturated carbocycles. The van der Waals surface area contributed by atoms with Gasteiger partial charge in [0, 0.05) is 11.1 Å². The topological polar surface area (TPSA) is 92.7 Å². The van der Waals surface area contributed by atoms with Crippen LogP contribution in [-0.2, 0) is 5.60 Å². The largest absolute Gasteiger partial charge is 0.493 e. The second kappa shape index (κ2) is 11.9. The molecule has 0 radical (unpaired) electrons. The van der Waals surface area contributed by atoms with Crippen molar-refractivity contribution in [3.8, 4) is 22.8 Å². The Balaban J connectivity index is 1.48. The fourth-order valence-corrected chi connectivity index (χ4v) is 5.02. The Bertz CT molecular complexity index is 1450. The number of benzene rings is 2. The third kappa shape index (κ3) is 6.37. The quantitative estimate of drug-likeness (QED) is 0.291. The minimum Gasteiger partial charge on any atom is -0.493 e. The Morgan fingerprint density at radius 2 is 1.79 bits per heavy atom. The van der Waals surface area contributed by atoms with Crippen molar-refractivity contribution >= 4 is 5.91 Å². The van der Waals surface area contributed by atoms with Gasteiger partial charge in [0.15, 0.2) is 11.5 Å². The summed E-state index contributed by atoms with van der Waals surface area (Å²) < 4.78 is 68.9. The van der Waals surface area contributed by atoms with Gasteiger partial charge in [-0.05, 0) is 111 Å². The minimum absolute atomic E-state index is 0.0402. The zero-order chi connectivity index (χ0) is 30.1. The van der Waals surface area contributed by atoms with E-state index in [2.05, 4.69) is 15.6 Å². The van der Waals surface area contributed by atoms with Crippen molar-refractivity contribution in [2.24, 2.45) is 0 Å². The van der Waals surface area contributed by atoms with Crippen LogP contribution < -0.4 is 20.1 Å². The summed E-state index contributed by atoms with van der Waals surface area (Å²) in [6.07, 6.45) is -1.90. The van der Waals surface area contributed by atoms with Crippen LogP contribution in [-0.4, -0.2) is 55.0 Å². The van der Waals surface area contributed by atoms with E-state index in [0.29, 0.717) is 48.4 Å². The van der Waals surface area contributed by atoms with Gasteiger partial charge in [-0.1, -0.05) is 0 Å². The minimum atomic E-state index is -5.18. The maximum atomic E-state index is 14.6. The molecular weight excluding hydrogens is 554 g/mol. The van der Waals surface area contributed by atoms with Gasteiger partial charge in [0.25, 0.3) is 5.91 Å². The van der Waals surface area contributed by atoms with Crippen LogP contribution in [0.2, 0.25) is 0 Å². The molecule has 1 amide bonds. The molecule has 2 aromatic carbocycles. The maximum absolute atomic E-state index is 14.6. The summed E-state index contributed by atoms with van der Waals surface area (Å²) in [6, 6.07) is 11.5. The van der Waals surface area contributed by atoms with Crippen LogP contribution in [0.15, 0.2) is 48.5 Å². The third-order valence-electron chi connectivity index (χ3n) is 7.75. The lowest BCUT2D eigenvalue weighted by Crippen LogP contribution is -2.51. The van der Waals surface area contributed by atoms with E-state index in [1.807, 2.05) is 0 Å². The van der Waals surface area contributed by atoms with Crippen molar-refractivity contribution in [1.82, 2.24) is 15.6 Å². The Labute approximate surface area is 241 Å². The highest BCUT2D eigenvalue weighted by Crippen LogP contribution is 2.41. The summed E-state index contributed by atoms with van der Waals surface area (Å²) in [7, 11) is 1.40. The molecule has 1 aliphatic carbocycles. The number of hydrogen-bond donors (Lipinski definition) is 3. The van der Waals surface area contributed by atoms with E-state index in [1.165, 1.54) is 49.6 Å². The van der Waals surface area contributed by atoms with Crippen LogP contribution in [0, 0.1) is 12.7 Å². The zero-order valence-corrected chi connectivity index (χ0v) is 23.4. The van der Waals surface area contributed by atoms with Gasteiger partial charge in [-0.15, -0.1) is 0 Å². The predicted molar refractivity (Wildman–Crippen MR) is 148 cm³/mol. The van der Waals surface area contributed by atoms with E-state index >= 15 is 0 Å². The first-order valence-electron chi connectivity index (χ1n) is 13.9. The van der Waals surface area contributed by atoms with Gasteiger partial charge in [-0.3, -0.25) is 4.79 Å². The standard InChI is InChI=1S/C31H33F4N3O4/c1-18-13-20(3-7-24(18)32)25-14-22(19-9-11-36-12-10-19)16-28(38-25)30(40,31(33,34)35)17-37-29(39)21-4-8-26(27(15-21)41-2)42-23-5-6-23/h3-4,7-8,13-16,19,23,36,40H,5-6,9-12,17H2,1-2H3,(H,37,39). The Morgan fingerprint density at radius 1 is 1.05 bits per heavy atom. The van der Waals surface area contributed by atoms with Crippen LogP contribution in [0.5, 0.6) is 11.5 Å². The van der Waals surface area contributed by atoms with Crippen molar-refractivity contribution in [2.45, 2.75) is 56.4 Å². The van der Waals surface area contributed by atoms with Crippen molar-refractivity contribution in [2.75, 3.05) is 26.7 Å². The number of pyridine rings is 1.